The number of aryl methyl sites for hydroxylation is 2. The number of rotatable bonds is 15. The molecule has 4 aromatic carbocycles. The van der Waals surface area contributed by atoms with Gasteiger partial charge in [-0.15, -0.1) is 0 Å². The maximum Gasteiger partial charge on any atom is 0.185 e. The van der Waals surface area contributed by atoms with E-state index in [9.17, 15) is 19.8 Å². The molecule has 0 atom stereocenters. The van der Waals surface area contributed by atoms with Gasteiger partial charge in [0.1, 0.15) is 23.0 Å². The molecule has 4 aromatic rings. The van der Waals surface area contributed by atoms with Gasteiger partial charge >= 0.3 is 0 Å². The number of carbonyl (C=O) groups excluding carboxylic acids is 2. The average Bonchev–Trinajstić information content (AvgIpc) is 3.11. The van der Waals surface area contributed by atoms with E-state index in [1.165, 1.54) is 6.08 Å². The molecule has 0 saturated heterocycles. The third-order valence-corrected chi connectivity index (χ3v) is 7.79. The number of phenols is 2. The molecule has 51 heavy (non-hydrogen) atoms. The van der Waals surface area contributed by atoms with Crippen molar-refractivity contribution in [3.8, 4) is 23.0 Å². The first-order valence-corrected chi connectivity index (χ1v) is 17.4. The van der Waals surface area contributed by atoms with E-state index >= 15 is 0 Å². The predicted molar refractivity (Wildman–Crippen MR) is 210 cm³/mol. The van der Waals surface area contributed by atoms with Crippen LogP contribution in [0.3, 0.4) is 0 Å². The number of hydrogen-bond acceptors (Lipinski definition) is 8. The van der Waals surface area contributed by atoms with Gasteiger partial charge in [-0.2, -0.15) is 0 Å². The van der Waals surface area contributed by atoms with Crippen molar-refractivity contribution in [2.24, 2.45) is 0 Å². The lowest BCUT2D eigenvalue weighted by Crippen LogP contribution is -2.07. The smallest absolute Gasteiger partial charge is 0.185 e. The van der Waals surface area contributed by atoms with Crippen molar-refractivity contribution >= 4 is 35.1 Å². The second-order valence-corrected chi connectivity index (χ2v) is 12.5. The topological polar surface area (TPSA) is 117 Å². The van der Waals surface area contributed by atoms with Crippen molar-refractivity contribution in [2.45, 2.75) is 73.0 Å². The normalized spacial score (nSPS) is 11.1. The molecule has 0 bridgehead atoms. The zero-order valence-corrected chi connectivity index (χ0v) is 31.0. The van der Waals surface area contributed by atoms with Gasteiger partial charge in [0.2, 0.25) is 0 Å². The zero-order chi connectivity index (χ0) is 37.5. The molecule has 0 radical (unpaired) electrons. The van der Waals surface area contributed by atoms with E-state index in [0.717, 1.165) is 46.5 Å². The summed E-state index contributed by atoms with van der Waals surface area (Å²) >= 11 is 0. The van der Waals surface area contributed by atoms with E-state index in [1.807, 2.05) is 85.1 Å². The number of anilines is 2. The summed E-state index contributed by atoms with van der Waals surface area (Å²) in [5, 5.41) is 26.3. The highest BCUT2D eigenvalue weighted by Crippen LogP contribution is 2.32. The van der Waals surface area contributed by atoms with Crippen molar-refractivity contribution in [3.05, 3.63) is 118 Å². The Bertz CT molecular complexity index is 1810. The Labute approximate surface area is 302 Å². The molecule has 0 fully saturated rings. The van der Waals surface area contributed by atoms with Crippen LogP contribution < -0.4 is 20.1 Å². The Hall–Kier alpha value is -5.50. The summed E-state index contributed by atoms with van der Waals surface area (Å²) in [6.07, 6.45) is 8.93. The maximum absolute atomic E-state index is 12.4. The van der Waals surface area contributed by atoms with Crippen molar-refractivity contribution in [2.75, 3.05) is 24.7 Å². The number of ketones is 2. The molecule has 4 rings (SSSR count). The van der Waals surface area contributed by atoms with Crippen molar-refractivity contribution in [1.29, 1.82) is 0 Å². The highest BCUT2D eigenvalue weighted by molar-refractivity contribution is 6.07. The Morgan fingerprint density at radius 2 is 1.04 bits per heavy atom. The van der Waals surface area contributed by atoms with Gasteiger partial charge in [-0.05, 0) is 137 Å². The molecule has 0 saturated carbocycles. The number of hydrogen-bond donors (Lipinski definition) is 4. The molecule has 270 valence electrons. The monoisotopic (exact) mass is 692 g/mol. The van der Waals surface area contributed by atoms with Gasteiger partial charge in [0.25, 0.3) is 0 Å². The molecule has 0 aromatic heterocycles. The number of nitrogens with one attached hydrogen (secondary N) is 2. The minimum absolute atomic E-state index is 0.0242. The Balaban J connectivity index is 0.000000276. The third kappa shape index (κ3) is 12.1. The standard InChI is InChI=1S/C22H27NO3.C21H25NO3/c1-5-6-17-13-18(22(14-21(17)25)26-15(2)3)9-12-20(24)16-7-10-19(23-4)11-8-16;1-5-15-12-17(21(13-20(15)24)25-14(2)3)8-11-19(23)16-6-9-18(22-4)10-7-16/h7-15,23,25H,5-6H2,1-4H3;6-14,22,24H,5H2,1-4H3. The summed E-state index contributed by atoms with van der Waals surface area (Å²) in [7, 11) is 3.68. The number of ether oxygens (including phenoxy) is 2. The van der Waals surface area contributed by atoms with Gasteiger partial charge < -0.3 is 30.3 Å². The molecule has 0 heterocycles. The van der Waals surface area contributed by atoms with Crippen LogP contribution in [0.2, 0.25) is 0 Å². The van der Waals surface area contributed by atoms with E-state index in [2.05, 4.69) is 17.6 Å². The lowest BCUT2D eigenvalue weighted by molar-refractivity contribution is 0.103. The van der Waals surface area contributed by atoms with Gasteiger partial charge in [-0.1, -0.05) is 20.3 Å². The highest BCUT2D eigenvalue weighted by atomic mass is 16.5. The lowest BCUT2D eigenvalue weighted by atomic mass is 10.0. The summed E-state index contributed by atoms with van der Waals surface area (Å²) in [5.74, 6) is 1.43. The van der Waals surface area contributed by atoms with Crippen LogP contribution >= 0.6 is 0 Å². The summed E-state index contributed by atoms with van der Waals surface area (Å²) in [6.45, 7) is 11.7. The molecule has 0 spiro atoms. The van der Waals surface area contributed by atoms with E-state index < -0.39 is 0 Å². The second-order valence-electron chi connectivity index (χ2n) is 12.5. The minimum atomic E-state index is -0.0794. The predicted octanol–water partition coefficient (Wildman–Crippen LogP) is 9.75. The van der Waals surface area contributed by atoms with Crippen LogP contribution in [0.25, 0.3) is 12.2 Å². The first-order valence-electron chi connectivity index (χ1n) is 17.4. The summed E-state index contributed by atoms with van der Waals surface area (Å²) < 4.78 is 11.6. The first-order chi connectivity index (χ1) is 24.4. The molecular formula is C43H52N2O6. The molecule has 0 unspecified atom stereocenters. The molecule has 0 aliphatic rings. The Kier molecular flexibility index (Phi) is 15.4. The second kappa shape index (κ2) is 19.6. The molecular weight excluding hydrogens is 640 g/mol. The van der Waals surface area contributed by atoms with Gasteiger partial charge in [0.15, 0.2) is 11.6 Å². The minimum Gasteiger partial charge on any atom is -0.508 e. The van der Waals surface area contributed by atoms with Gasteiger partial charge in [-0.25, -0.2) is 0 Å². The summed E-state index contributed by atoms with van der Waals surface area (Å²) in [4.78, 5) is 24.8. The van der Waals surface area contributed by atoms with Crippen LogP contribution in [0.5, 0.6) is 23.0 Å². The van der Waals surface area contributed by atoms with Crippen molar-refractivity contribution < 1.29 is 29.3 Å². The molecule has 8 nitrogen and oxygen atoms in total. The van der Waals surface area contributed by atoms with E-state index in [1.54, 1.807) is 54.6 Å². The van der Waals surface area contributed by atoms with E-state index in [0.29, 0.717) is 29.0 Å². The maximum atomic E-state index is 12.4. The van der Waals surface area contributed by atoms with Crippen LogP contribution in [-0.2, 0) is 12.8 Å². The van der Waals surface area contributed by atoms with Crippen molar-refractivity contribution in [3.63, 3.8) is 0 Å². The highest BCUT2D eigenvalue weighted by Gasteiger charge is 2.12. The molecule has 0 aliphatic heterocycles. The number of carbonyl (C=O) groups is 2. The van der Waals surface area contributed by atoms with Crippen LogP contribution in [0.4, 0.5) is 11.4 Å². The fourth-order valence-corrected chi connectivity index (χ4v) is 5.12. The fourth-order valence-electron chi connectivity index (χ4n) is 5.12. The summed E-state index contributed by atoms with van der Waals surface area (Å²) in [6, 6.07) is 21.6. The van der Waals surface area contributed by atoms with E-state index in [4.69, 9.17) is 9.47 Å². The number of phenolic OH excluding ortho intramolecular Hbond substituents is 2. The number of allylic oxidation sites excluding steroid dienone is 2. The third-order valence-electron chi connectivity index (χ3n) is 7.79. The average molecular weight is 693 g/mol. The van der Waals surface area contributed by atoms with Crippen LogP contribution in [0.15, 0.2) is 84.9 Å². The van der Waals surface area contributed by atoms with Gasteiger partial charge in [-0.3, -0.25) is 9.59 Å². The molecule has 0 amide bonds. The summed E-state index contributed by atoms with van der Waals surface area (Å²) in [5.41, 5.74) is 6.41. The van der Waals surface area contributed by atoms with E-state index in [-0.39, 0.29) is 35.3 Å². The van der Waals surface area contributed by atoms with Crippen molar-refractivity contribution in [1.82, 2.24) is 0 Å². The van der Waals surface area contributed by atoms with Gasteiger partial charge in [0, 0.05) is 59.9 Å². The van der Waals surface area contributed by atoms with Crippen LogP contribution in [-0.4, -0.2) is 48.1 Å². The zero-order valence-electron chi connectivity index (χ0n) is 31.0. The largest absolute Gasteiger partial charge is 0.508 e. The quantitative estimate of drug-likeness (QED) is 0.0719. The Morgan fingerprint density at radius 1 is 0.647 bits per heavy atom. The lowest BCUT2D eigenvalue weighted by Gasteiger charge is -2.15. The number of aromatic hydroxyl groups is 2. The van der Waals surface area contributed by atoms with Crippen LogP contribution in [0.1, 0.15) is 90.9 Å². The first kappa shape index (κ1) is 39.9. The molecule has 0 aliphatic carbocycles. The van der Waals surface area contributed by atoms with Gasteiger partial charge in [0.05, 0.1) is 12.2 Å². The SMILES string of the molecule is CCCc1cc(C=CC(=O)c2ccc(NC)cc2)c(OC(C)C)cc1O.CCc1cc(C=CC(=O)c2ccc(NC)cc2)c(OC(C)C)cc1O. The van der Waals surface area contributed by atoms with Crippen LogP contribution in [0, 0.1) is 0 Å². The molecule has 8 heteroatoms. The molecule has 4 N–H and O–H groups in total. The number of benzene rings is 4. The Morgan fingerprint density at radius 3 is 1.39 bits per heavy atom. The fraction of sp³-hybridized carbons (Fsp3) is 0.302.